The quantitative estimate of drug-likeness (QED) is 0.632. The summed E-state index contributed by atoms with van der Waals surface area (Å²) in [5.74, 6) is -1.16. The van der Waals surface area contributed by atoms with Crippen molar-refractivity contribution in [1.82, 2.24) is 4.90 Å². The summed E-state index contributed by atoms with van der Waals surface area (Å²) in [7, 11) is 3.89. The highest BCUT2D eigenvalue weighted by Crippen LogP contribution is 2.00. The fraction of sp³-hybridized carbons (Fsp3) is 0.800. The Morgan fingerprint density at radius 2 is 1.93 bits per heavy atom. The number of carboxylic acid groups (broad SMARTS) is 1. The molecule has 0 aromatic rings. The van der Waals surface area contributed by atoms with E-state index in [0.717, 1.165) is 6.54 Å². The van der Waals surface area contributed by atoms with Crippen LogP contribution in [0.1, 0.15) is 19.8 Å². The summed E-state index contributed by atoms with van der Waals surface area (Å²) < 4.78 is 4.93. The molecule has 0 rings (SSSR count). The number of ether oxygens (including phenoxy) is 1. The van der Waals surface area contributed by atoms with Crippen molar-refractivity contribution in [3.05, 3.63) is 0 Å². The molecule has 0 aliphatic rings. The van der Waals surface area contributed by atoms with Gasteiger partial charge in [0.2, 0.25) is 0 Å². The molecular formula is C10H19NO4. The molecule has 1 unspecified atom stereocenters. The number of rotatable bonds is 7. The third kappa shape index (κ3) is 9.21. The molecule has 0 fully saturated rings. The molecule has 15 heavy (non-hydrogen) atoms. The molecule has 5 heteroatoms. The van der Waals surface area contributed by atoms with Gasteiger partial charge in [-0.05, 0) is 14.1 Å². The fourth-order valence-electron chi connectivity index (χ4n) is 1.19. The van der Waals surface area contributed by atoms with E-state index in [1.165, 1.54) is 0 Å². The van der Waals surface area contributed by atoms with Gasteiger partial charge in [0, 0.05) is 12.5 Å². The first-order chi connectivity index (χ1) is 6.91. The van der Waals surface area contributed by atoms with Crippen LogP contribution in [0.3, 0.4) is 0 Å². The Hall–Kier alpha value is -1.10. The zero-order valence-corrected chi connectivity index (χ0v) is 9.52. The van der Waals surface area contributed by atoms with Gasteiger partial charge >= 0.3 is 11.9 Å². The fourth-order valence-corrected chi connectivity index (χ4v) is 1.19. The summed E-state index contributed by atoms with van der Waals surface area (Å²) in [5.41, 5.74) is 0. The van der Waals surface area contributed by atoms with Gasteiger partial charge in [-0.2, -0.15) is 0 Å². The second-order valence-corrected chi connectivity index (χ2v) is 3.94. The molecule has 0 aliphatic heterocycles. The molecular weight excluding hydrogens is 198 g/mol. The maximum atomic E-state index is 11.0. The average molecular weight is 217 g/mol. The highest BCUT2D eigenvalue weighted by molar-refractivity contribution is 5.76. The molecule has 5 nitrogen and oxygen atoms in total. The Labute approximate surface area is 90.0 Å². The molecule has 0 spiro atoms. The Bertz CT molecular complexity index is 215. The van der Waals surface area contributed by atoms with Crippen LogP contribution in [0.5, 0.6) is 0 Å². The van der Waals surface area contributed by atoms with Gasteiger partial charge in [0.25, 0.3) is 0 Å². The van der Waals surface area contributed by atoms with Gasteiger partial charge in [-0.15, -0.1) is 0 Å². The highest BCUT2D eigenvalue weighted by atomic mass is 16.5. The van der Waals surface area contributed by atoms with E-state index in [9.17, 15) is 9.59 Å². The summed E-state index contributed by atoms with van der Waals surface area (Å²) in [4.78, 5) is 23.2. The van der Waals surface area contributed by atoms with E-state index in [0.29, 0.717) is 6.61 Å². The van der Waals surface area contributed by atoms with Gasteiger partial charge in [-0.3, -0.25) is 9.59 Å². The van der Waals surface area contributed by atoms with Crippen molar-refractivity contribution >= 4 is 11.9 Å². The first kappa shape index (κ1) is 13.9. The van der Waals surface area contributed by atoms with Crippen molar-refractivity contribution in [2.24, 2.45) is 5.92 Å². The van der Waals surface area contributed by atoms with E-state index in [1.807, 2.05) is 25.9 Å². The minimum absolute atomic E-state index is 0.0516. The zero-order chi connectivity index (χ0) is 11.8. The van der Waals surface area contributed by atoms with Crippen LogP contribution in [-0.2, 0) is 14.3 Å². The first-order valence-electron chi connectivity index (χ1n) is 4.94. The molecule has 0 heterocycles. The third-order valence-corrected chi connectivity index (χ3v) is 1.75. The minimum Gasteiger partial charge on any atom is -0.481 e. The summed E-state index contributed by atoms with van der Waals surface area (Å²) in [5, 5.41) is 8.34. The molecule has 0 bridgehead atoms. The molecule has 0 aliphatic carbocycles. The molecule has 0 saturated carbocycles. The van der Waals surface area contributed by atoms with Crippen molar-refractivity contribution in [1.29, 1.82) is 0 Å². The standard InChI is InChI=1S/C10H19NO4/c1-8(6-11(2)3)7-15-10(14)5-4-9(12)13/h8H,4-7H2,1-3H3,(H,12,13). The lowest BCUT2D eigenvalue weighted by Crippen LogP contribution is -2.24. The van der Waals surface area contributed by atoms with Gasteiger partial charge in [-0.25, -0.2) is 0 Å². The van der Waals surface area contributed by atoms with Gasteiger partial charge in [-0.1, -0.05) is 6.92 Å². The zero-order valence-electron chi connectivity index (χ0n) is 9.52. The SMILES string of the molecule is CC(COC(=O)CCC(=O)O)CN(C)C. The number of carbonyl (C=O) groups is 2. The average Bonchev–Trinajstić information content (AvgIpc) is 2.10. The van der Waals surface area contributed by atoms with Gasteiger partial charge in [0.15, 0.2) is 0 Å². The van der Waals surface area contributed by atoms with Crippen LogP contribution in [0.4, 0.5) is 0 Å². The number of hydrogen-bond donors (Lipinski definition) is 1. The van der Waals surface area contributed by atoms with E-state index in [-0.39, 0.29) is 18.8 Å². The molecule has 0 amide bonds. The maximum Gasteiger partial charge on any atom is 0.306 e. The lowest BCUT2D eigenvalue weighted by atomic mass is 10.2. The summed E-state index contributed by atoms with van der Waals surface area (Å²) in [6.07, 6.45) is -0.217. The van der Waals surface area contributed by atoms with E-state index in [4.69, 9.17) is 9.84 Å². The van der Waals surface area contributed by atoms with E-state index >= 15 is 0 Å². The van der Waals surface area contributed by atoms with Crippen molar-refractivity contribution in [2.75, 3.05) is 27.2 Å². The lowest BCUT2D eigenvalue weighted by molar-refractivity contribution is -0.148. The van der Waals surface area contributed by atoms with Gasteiger partial charge < -0.3 is 14.7 Å². The van der Waals surface area contributed by atoms with Crippen LogP contribution in [0.25, 0.3) is 0 Å². The van der Waals surface area contributed by atoms with Crippen LogP contribution in [0, 0.1) is 5.92 Å². The normalized spacial score (nSPS) is 12.5. The number of aliphatic carboxylic acids is 1. The summed E-state index contributed by atoms with van der Waals surface area (Å²) >= 11 is 0. The second kappa shape index (κ2) is 7.23. The van der Waals surface area contributed by atoms with E-state index < -0.39 is 11.9 Å². The smallest absolute Gasteiger partial charge is 0.306 e. The largest absolute Gasteiger partial charge is 0.481 e. The Kier molecular flexibility index (Phi) is 6.70. The number of carbonyl (C=O) groups excluding carboxylic acids is 1. The van der Waals surface area contributed by atoms with Crippen LogP contribution >= 0.6 is 0 Å². The minimum atomic E-state index is -0.978. The Morgan fingerprint density at radius 3 is 2.40 bits per heavy atom. The highest BCUT2D eigenvalue weighted by Gasteiger charge is 2.09. The Morgan fingerprint density at radius 1 is 1.33 bits per heavy atom. The van der Waals surface area contributed by atoms with Crippen LogP contribution < -0.4 is 0 Å². The van der Waals surface area contributed by atoms with E-state index in [1.54, 1.807) is 0 Å². The summed E-state index contributed by atoms with van der Waals surface area (Å²) in [6, 6.07) is 0. The van der Waals surface area contributed by atoms with Crippen molar-refractivity contribution in [3.8, 4) is 0 Å². The first-order valence-corrected chi connectivity index (χ1v) is 4.94. The molecule has 1 atom stereocenters. The van der Waals surface area contributed by atoms with Gasteiger partial charge in [0.05, 0.1) is 19.4 Å². The lowest BCUT2D eigenvalue weighted by Gasteiger charge is -2.16. The molecule has 88 valence electrons. The molecule has 0 aromatic heterocycles. The molecule has 0 saturated heterocycles. The molecule has 1 N–H and O–H groups in total. The summed E-state index contributed by atoms with van der Waals surface area (Å²) in [6.45, 7) is 3.16. The number of hydrogen-bond acceptors (Lipinski definition) is 4. The van der Waals surface area contributed by atoms with Crippen LogP contribution in [-0.4, -0.2) is 49.2 Å². The topological polar surface area (TPSA) is 66.8 Å². The van der Waals surface area contributed by atoms with Gasteiger partial charge in [0.1, 0.15) is 0 Å². The number of nitrogens with zero attached hydrogens (tertiary/aromatic N) is 1. The van der Waals surface area contributed by atoms with Crippen molar-refractivity contribution in [2.45, 2.75) is 19.8 Å². The van der Waals surface area contributed by atoms with Crippen LogP contribution in [0.15, 0.2) is 0 Å². The Balaban J connectivity index is 3.57. The van der Waals surface area contributed by atoms with Crippen molar-refractivity contribution < 1.29 is 19.4 Å². The number of esters is 1. The van der Waals surface area contributed by atoms with Crippen LogP contribution in [0.2, 0.25) is 0 Å². The second-order valence-electron chi connectivity index (χ2n) is 3.94. The maximum absolute atomic E-state index is 11.0. The number of carboxylic acids is 1. The van der Waals surface area contributed by atoms with E-state index in [2.05, 4.69) is 0 Å². The molecule has 0 radical (unpaired) electrons. The monoisotopic (exact) mass is 217 g/mol. The molecule has 0 aromatic carbocycles. The van der Waals surface area contributed by atoms with Crippen molar-refractivity contribution in [3.63, 3.8) is 0 Å². The predicted molar refractivity (Wildman–Crippen MR) is 55.5 cm³/mol. The predicted octanol–water partition coefficient (Wildman–Crippen LogP) is 0.592. The third-order valence-electron chi connectivity index (χ3n) is 1.75.